The molecular formula is C13H24Cl2N2O. The maximum absolute atomic E-state index is 8.66. The van der Waals surface area contributed by atoms with Gasteiger partial charge in [-0.15, -0.1) is 24.8 Å². The molecule has 0 aliphatic carbocycles. The maximum Gasteiger partial charge on any atom is 0.0556 e. The first-order valence-corrected chi connectivity index (χ1v) is 5.97. The van der Waals surface area contributed by atoms with E-state index < -0.39 is 0 Å². The quantitative estimate of drug-likeness (QED) is 0.759. The molecule has 0 aromatic heterocycles. The molecule has 1 aromatic rings. The van der Waals surface area contributed by atoms with Crippen molar-refractivity contribution in [2.75, 3.05) is 31.1 Å². The minimum atomic E-state index is 0. The summed E-state index contributed by atoms with van der Waals surface area (Å²) in [5.74, 6) is 0. The Hall–Kier alpha value is -0.480. The van der Waals surface area contributed by atoms with Gasteiger partial charge in [0.2, 0.25) is 0 Å². The molecule has 0 atom stereocenters. The van der Waals surface area contributed by atoms with Gasteiger partial charge in [-0.2, -0.15) is 0 Å². The van der Waals surface area contributed by atoms with E-state index in [9.17, 15) is 0 Å². The first-order chi connectivity index (χ1) is 7.81. The van der Waals surface area contributed by atoms with Gasteiger partial charge >= 0.3 is 0 Å². The maximum atomic E-state index is 8.66. The van der Waals surface area contributed by atoms with Crippen LogP contribution in [0.4, 0.5) is 5.69 Å². The number of nitrogens with one attached hydrogen (secondary N) is 1. The summed E-state index contributed by atoms with van der Waals surface area (Å²) in [6.45, 7) is 8.08. The number of rotatable bonds is 7. The van der Waals surface area contributed by atoms with Crippen molar-refractivity contribution < 1.29 is 5.11 Å². The van der Waals surface area contributed by atoms with Crippen LogP contribution in [-0.2, 0) is 6.54 Å². The number of nitrogens with zero attached hydrogens (tertiary/aromatic N) is 1. The largest absolute Gasteiger partial charge is 0.395 e. The summed E-state index contributed by atoms with van der Waals surface area (Å²) < 4.78 is 0. The van der Waals surface area contributed by atoms with Gasteiger partial charge in [0.15, 0.2) is 0 Å². The van der Waals surface area contributed by atoms with Crippen molar-refractivity contribution in [2.45, 2.75) is 20.4 Å². The van der Waals surface area contributed by atoms with Gasteiger partial charge in [0, 0.05) is 31.9 Å². The molecular weight excluding hydrogens is 271 g/mol. The van der Waals surface area contributed by atoms with Gasteiger partial charge in [0.25, 0.3) is 0 Å². The zero-order valence-corrected chi connectivity index (χ0v) is 12.7. The van der Waals surface area contributed by atoms with Crippen molar-refractivity contribution in [2.24, 2.45) is 0 Å². The molecule has 0 spiro atoms. The van der Waals surface area contributed by atoms with Crippen LogP contribution in [-0.4, -0.2) is 31.3 Å². The Morgan fingerprint density at radius 2 is 1.61 bits per heavy atom. The topological polar surface area (TPSA) is 35.5 Å². The molecule has 18 heavy (non-hydrogen) atoms. The zero-order valence-electron chi connectivity index (χ0n) is 11.1. The van der Waals surface area contributed by atoms with Gasteiger partial charge in [0.1, 0.15) is 0 Å². The second-order valence-electron chi connectivity index (χ2n) is 3.74. The van der Waals surface area contributed by atoms with E-state index in [1.807, 2.05) is 0 Å². The van der Waals surface area contributed by atoms with Gasteiger partial charge < -0.3 is 15.3 Å². The number of hydrogen-bond acceptors (Lipinski definition) is 3. The highest BCUT2D eigenvalue weighted by atomic mass is 35.5. The van der Waals surface area contributed by atoms with Gasteiger partial charge in [-0.05, 0) is 31.5 Å². The van der Waals surface area contributed by atoms with E-state index in [4.69, 9.17) is 5.11 Å². The zero-order chi connectivity index (χ0) is 11.8. The molecule has 0 heterocycles. The van der Waals surface area contributed by atoms with E-state index in [0.717, 1.165) is 19.6 Å². The molecule has 0 bridgehead atoms. The van der Waals surface area contributed by atoms with Crippen LogP contribution in [0.3, 0.4) is 0 Å². The third kappa shape index (κ3) is 6.45. The molecule has 0 aliphatic rings. The fourth-order valence-corrected chi connectivity index (χ4v) is 1.73. The lowest BCUT2D eigenvalue weighted by Crippen LogP contribution is -2.22. The van der Waals surface area contributed by atoms with E-state index >= 15 is 0 Å². The molecule has 0 fully saturated rings. The third-order valence-corrected chi connectivity index (χ3v) is 2.68. The molecule has 1 aromatic carbocycles. The van der Waals surface area contributed by atoms with E-state index in [1.54, 1.807) is 0 Å². The summed E-state index contributed by atoms with van der Waals surface area (Å²) in [5, 5.41) is 11.8. The summed E-state index contributed by atoms with van der Waals surface area (Å²) in [6, 6.07) is 8.59. The fourth-order valence-electron chi connectivity index (χ4n) is 1.73. The van der Waals surface area contributed by atoms with E-state index in [0.29, 0.717) is 6.54 Å². The lowest BCUT2D eigenvalue weighted by atomic mass is 10.2. The SMILES string of the molecule is CCN(CC)c1ccc(CNCCO)cc1.Cl.Cl. The highest BCUT2D eigenvalue weighted by molar-refractivity contribution is 5.85. The summed E-state index contributed by atoms with van der Waals surface area (Å²) >= 11 is 0. The summed E-state index contributed by atoms with van der Waals surface area (Å²) in [7, 11) is 0. The molecule has 0 radical (unpaired) electrons. The molecule has 2 N–H and O–H groups in total. The molecule has 0 saturated carbocycles. The molecule has 0 unspecified atom stereocenters. The Morgan fingerprint density at radius 1 is 1.06 bits per heavy atom. The average molecular weight is 295 g/mol. The Kier molecular flexibility index (Phi) is 12.8. The van der Waals surface area contributed by atoms with Gasteiger partial charge in [-0.25, -0.2) is 0 Å². The predicted octanol–water partition coefficient (Wildman–Crippen LogP) is 2.46. The fraction of sp³-hybridized carbons (Fsp3) is 0.538. The minimum Gasteiger partial charge on any atom is -0.395 e. The van der Waals surface area contributed by atoms with Crippen LogP contribution in [0.2, 0.25) is 0 Å². The van der Waals surface area contributed by atoms with Crippen molar-refractivity contribution in [3.63, 3.8) is 0 Å². The average Bonchev–Trinajstić information content (AvgIpc) is 2.33. The molecule has 0 amide bonds. The molecule has 0 saturated heterocycles. The molecule has 106 valence electrons. The molecule has 5 heteroatoms. The first kappa shape index (κ1) is 19.9. The first-order valence-electron chi connectivity index (χ1n) is 5.97. The predicted molar refractivity (Wildman–Crippen MR) is 83.3 cm³/mol. The Bertz CT molecular complexity index is 290. The number of aliphatic hydroxyl groups excluding tert-OH is 1. The van der Waals surface area contributed by atoms with Crippen LogP contribution in [0.25, 0.3) is 0 Å². The van der Waals surface area contributed by atoms with Crippen LogP contribution >= 0.6 is 24.8 Å². The van der Waals surface area contributed by atoms with E-state index in [1.165, 1.54) is 11.3 Å². The van der Waals surface area contributed by atoms with Gasteiger partial charge in [0.05, 0.1) is 6.61 Å². The second kappa shape index (κ2) is 11.6. The standard InChI is InChI=1S/C13H22N2O.2ClH/c1-3-15(4-2)13-7-5-12(6-8-13)11-14-9-10-16;;/h5-8,14,16H,3-4,9-11H2,1-2H3;2*1H. The van der Waals surface area contributed by atoms with E-state index in [-0.39, 0.29) is 31.4 Å². The Balaban J connectivity index is 0. The summed E-state index contributed by atoms with van der Waals surface area (Å²) in [6.07, 6.45) is 0. The van der Waals surface area contributed by atoms with Crippen LogP contribution in [0.15, 0.2) is 24.3 Å². The highest BCUT2D eigenvalue weighted by Gasteiger charge is 2.00. The number of halogens is 2. The van der Waals surface area contributed by atoms with Crippen LogP contribution in [0.5, 0.6) is 0 Å². The Labute approximate surface area is 122 Å². The van der Waals surface area contributed by atoms with Crippen LogP contribution in [0.1, 0.15) is 19.4 Å². The molecule has 3 nitrogen and oxygen atoms in total. The van der Waals surface area contributed by atoms with Crippen molar-refractivity contribution in [3.05, 3.63) is 29.8 Å². The summed E-state index contributed by atoms with van der Waals surface area (Å²) in [5.41, 5.74) is 2.53. The van der Waals surface area contributed by atoms with Crippen LogP contribution in [0, 0.1) is 0 Å². The van der Waals surface area contributed by atoms with Gasteiger partial charge in [-0.1, -0.05) is 12.1 Å². The normalized spacial score (nSPS) is 9.28. The monoisotopic (exact) mass is 294 g/mol. The van der Waals surface area contributed by atoms with Crippen molar-refractivity contribution in [1.82, 2.24) is 5.32 Å². The summed E-state index contributed by atoms with van der Waals surface area (Å²) in [4.78, 5) is 2.32. The lowest BCUT2D eigenvalue weighted by Gasteiger charge is -2.21. The molecule has 1 rings (SSSR count). The number of benzene rings is 1. The third-order valence-electron chi connectivity index (χ3n) is 2.68. The lowest BCUT2D eigenvalue weighted by molar-refractivity contribution is 0.292. The van der Waals surface area contributed by atoms with E-state index in [2.05, 4.69) is 48.3 Å². The van der Waals surface area contributed by atoms with Crippen molar-refractivity contribution >= 4 is 30.5 Å². The van der Waals surface area contributed by atoms with Crippen molar-refractivity contribution in [3.8, 4) is 0 Å². The van der Waals surface area contributed by atoms with Crippen LogP contribution < -0.4 is 10.2 Å². The minimum absolute atomic E-state index is 0. The number of aliphatic hydroxyl groups is 1. The highest BCUT2D eigenvalue weighted by Crippen LogP contribution is 2.14. The number of anilines is 1. The van der Waals surface area contributed by atoms with Crippen molar-refractivity contribution in [1.29, 1.82) is 0 Å². The Morgan fingerprint density at radius 3 is 2.06 bits per heavy atom. The van der Waals surface area contributed by atoms with Gasteiger partial charge in [-0.3, -0.25) is 0 Å². The smallest absolute Gasteiger partial charge is 0.0556 e. The number of hydrogen-bond donors (Lipinski definition) is 2. The second-order valence-corrected chi connectivity index (χ2v) is 3.74. The molecule has 0 aliphatic heterocycles.